The normalized spacial score (nSPS) is 12.4. The van der Waals surface area contributed by atoms with Crippen LogP contribution in [-0.2, 0) is 51.6 Å². The van der Waals surface area contributed by atoms with Crippen molar-refractivity contribution >= 4 is 23.9 Å². The fraction of sp³-hybridized carbons (Fsp3) is 0.481. The van der Waals surface area contributed by atoms with E-state index in [4.69, 9.17) is 9.47 Å². The first-order valence-corrected chi connectivity index (χ1v) is 22.8. The quantitative estimate of drug-likeness (QED) is 0.139. The molecule has 0 saturated carbocycles. The van der Waals surface area contributed by atoms with Crippen molar-refractivity contribution < 1.29 is 100.0 Å². The summed E-state index contributed by atoms with van der Waals surface area (Å²) in [5.41, 5.74) is 6.74. The Balaban J connectivity index is 0. The average molecular weight is 1110 g/mol. The third kappa shape index (κ3) is 24.0. The molecule has 2 aliphatic rings. The number of benzene rings is 4. The summed E-state index contributed by atoms with van der Waals surface area (Å²) in [7, 11) is 0. The molecule has 68 heavy (non-hydrogen) atoms. The van der Waals surface area contributed by atoms with E-state index in [0.29, 0.717) is 23.0 Å². The summed E-state index contributed by atoms with van der Waals surface area (Å²) < 4.78 is 34.2. The Hall–Kier alpha value is -4.08. The third-order valence-corrected chi connectivity index (χ3v) is 10.5. The molecule has 0 N–H and O–H groups in total. The van der Waals surface area contributed by atoms with E-state index in [9.17, 15) is 48.4 Å². The minimum Gasteiger partial charge on any atom is -0.545 e. The molecule has 0 bridgehead atoms. The van der Waals surface area contributed by atoms with E-state index in [0.717, 1.165) is 97.2 Å². The van der Waals surface area contributed by atoms with Crippen molar-refractivity contribution in [3.63, 3.8) is 0 Å². The molecule has 0 aliphatic carbocycles. The molecule has 2 fully saturated rings. The van der Waals surface area contributed by atoms with Crippen LogP contribution in [-0.4, -0.2) is 50.3 Å². The Morgan fingerprint density at radius 1 is 0.397 bits per heavy atom. The number of halogens is 2. The Kier molecular flexibility index (Phi) is 33.2. The van der Waals surface area contributed by atoms with Crippen molar-refractivity contribution in [3.05, 3.63) is 140 Å². The predicted octanol–water partition coefficient (Wildman–Crippen LogP) is 8.81. The van der Waals surface area contributed by atoms with E-state index in [1.54, 1.807) is 0 Å². The number of carboxylic acids is 4. The standard InChI is InChI=1S/2C16H24O2.2C7H5FO2.2C4H8O.2Mo/c2*1-9(2)12-7-13(10(3)4)15(16(17)18)14(8-12)11(5)6;2*8-6-3-1-5(2-4-6)7(9)10;2*1-2-4-5-3-1;;/h2*7-11H,1-6H3,(H,17,18);2*1-4H,(H,9,10);2*1-4H2;;/q;;;;;;2*+2/p-4. The number of ether oxygens (including phenoxy) is 2. The molecule has 2 aliphatic heterocycles. The molecule has 0 radical (unpaired) electrons. The molecule has 2 saturated heterocycles. The number of carbonyl (C=O) groups is 4. The van der Waals surface area contributed by atoms with Gasteiger partial charge in [0.15, 0.2) is 0 Å². The number of hydrogen-bond donors (Lipinski definition) is 0. The zero-order chi connectivity index (χ0) is 50.3. The maximum atomic E-state index is 12.1. The average Bonchev–Trinajstić information content (AvgIpc) is 4.05. The van der Waals surface area contributed by atoms with Crippen LogP contribution in [0, 0.1) is 11.6 Å². The Bertz CT molecular complexity index is 1890. The second-order valence-electron chi connectivity index (χ2n) is 17.9. The van der Waals surface area contributed by atoms with Crippen molar-refractivity contribution in [2.75, 3.05) is 26.4 Å². The Morgan fingerprint density at radius 3 is 0.750 bits per heavy atom. The summed E-state index contributed by atoms with van der Waals surface area (Å²) in [5, 5.41) is 43.0. The summed E-state index contributed by atoms with van der Waals surface area (Å²) in [6.07, 6.45) is 5.11. The smallest absolute Gasteiger partial charge is 0.545 e. The van der Waals surface area contributed by atoms with Crippen molar-refractivity contribution in [2.24, 2.45) is 0 Å². The number of rotatable bonds is 10. The first kappa shape index (κ1) is 66.0. The van der Waals surface area contributed by atoms with Gasteiger partial charge in [0.2, 0.25) is 0 Å². The van der Waals surface area contributed by atoms with Crippen molar-refractivity contribution in [1.29, 1.82) is 0 Å². The molecule has 2 heterocycles. The van der Waals surface area contributed by atoms with Crippen molar-refractivity contribution in [1.82, 2.24) is 0 Å². The van der Waals surface area contributed by atoms with Gasteiger partial charge < -0.3 is 49.1 Å². The van der Waals surface area contributed by atoms with Gasteiger partial charge in [-0.05, 0) is 130 Å². The van der Waals surface area contributed by atoms with Crippen LogP contribution in [0.4, 0.5) is 8.78 Å². The van der Waals surface area contributed by atoms with Crippen LogP contribution in [0.2, 0.25) is 0 Å². The van der Waals surface area contributed by atoms with E-state index in [-0.39, 0.29) is 76.9 Å². The van der Waals surface area contributed by atoms with Gasteiger partial charge in [-0.2, -0.15) is 0 Å². The van der Waals surface area contributed by atoms with Crippen LogP contribution in [0.5, 0.6) is 0 Å². The molecular weight excluding hydrogens is 1040 g/mol. The molecule has 0 spiro atoms. The van der Waals surface area contributed by atoms with Gasteiger partial charge in [0, 0.05) is 37.6 Å². The molecular formula is C54H70F2Mo2O10. The monoisotopic (exact) mass is 1110 g/mol. The molecule has 14 heteroatoms. The van der Waals surface area contributed by atoms with Gasteiger partial charge in [-0.15, -0.1) is 0 Å². The van der Waals surface area contributed by atoms with Crippen LogP contribution in [0.1, 0.15) is 219 Å². The summed E-state index contributed by atoms with van der Waals surface area (Å²) >= 11 is 0. The van der Waals surface area contributed by atoms with E-state index in [1.807, 2.05) is 79.7 Å². The molecule has 372 valence electrons. The molecule has 6 rings (SSSR count). The van der Waals surface area contributed by atoms with E-state index >= 15 is 0 Å². The van der Waals surface area contributed by atoms with E-state index < -0.39 is 35.5 Å². The molecule has 0 aromatic heterocycles. The van der Waals surface area contributed by atoms with Gasteiger partial charge in [-0.3, -0.25) is 0 Å². The minimum atomic E-state index is -1.29. The molecule has 0 amide bonds. The van der Waals surface area contributed by atoms with Crippen LogP contribution in [0.15, 0.2) is 72.8 Å². The minimum absolute atomic E-state index is 0. The van der Waals surface area contributed by atoms with E-state index in [1.165, 1.54) is 36.8 Å². The first-order valence-electron chi connectivity index (χ1n) is 22.8. The van der Waals surface area contributed by atoms with Crippen LogP contribution >= 0.6 is 0 Å². The molecule has 10 nitrogen and oxygen atoms in total. The molecule has 0 unspecified atom stereocenters. The van der Waals surface area contributed by atoms with Crippen molar-refractivity contribution in [3.8, 4) is 0 Å². The molecule has 4 aromatic carbocycles. The SMILES string of the molecule is C1CCOC1.C1CCOC1.CC(C)c1cc(C(C)C)c(C(=O)[O-])c(C(C)C)c1.CC(C)c1cc(C(C)C)c(C(=O)[O-])c(C(C)C)c1.O=C([O-])c1ccc(F)cc1.O=C([O-])c1ccc(F)cc1.[Mo+2].[Mo+2]. The second-order valence-corrected chi connectivity index (χ2v) is 17.9. The van der Waals surface area contributed by atoms with Gasteiger partial charge in [0.1, 0.15) is 11.6 Å². The number of carboxylic acid groups (broad SMARTS) is 4. The number of carbonyl (C=O) groups excluding carboxylic acids is 4. The maximum Gasteiger partial charge on any atom is 2.00 e. The van der Waals surface area contributed by atoms with Crippen LogP contribution in [0.25, 0.3) is 0 Å². The topological polar surface area (TPSA) is 179 Å². The van der Waals surface area contributed by atoms with Gasteiger partial charge in [-0.25, -0.2) is 8.78 Å². The summed E-state index contributed by atoms with van der Waals surface area (Å²) in [6.45, 7) is 28.7. The largest absolute Gasteiger partial charge is 2.00 e. The van der Waals surface area contributed by atoms with Crippen LogP contribution in [0.3, 0.4) is 0 Å². The van der Waals surface area contributed by atoms with Gasteiger partial charge in [-0.1, -0.05) is 132 Å². The Morgan fingerprint density at radius 2 is 0.618 bits per heavy atom. The fourth-order valence-electron chi connectivity index (χ4n) is 6.58. The summed E-state index contributed by atoms with van der Waals surface area (Å²) in [6, 6.07) is 17.0. The third-order valence-electron chi connectivity index (χ3n) is 10.5. The first-order chi connectivity index (χ1) is 30.9. The van der Waals surface area contributed by atoms with Crippen molar-refractivity contribution in [2.45, 2.75) is 144 Å². The van der Waals surface area contributed by atoms with Gasteiger partial charge >= 0.3 is 42.1 Å². The summed E-state index contributed by atoms with van der Waals surface area (Å²) in [4.78, 5) is 43.0. The predicted molar refractivity (Wildman–Crippen MR) is 248 cm³/mol. The maximum absolute atomic E-state index is 12.1. The number of aromatic carboxylic acids is 4. The number of hydrogen-bond acceptors (Lipinski definition) is 10. The zero-order valence-corrected chi connectivity index (χ0v) is 45.7. The van der Waals surface area contributed by atoms with Gasteiger partial charge in [0.25, 0.3) is 0 Å². The Labute approximate surface area is 432 Å². The zero-order valence-electron chi connectivity index (χ0n) is 41.7. The molecule has 4 aromatic rings. The summed E-state index contributed by atoms with van der Waals surface area (Å²) in [5.74, 6) is -4.05. The van der Waals surface area contributed by atoms with Crippen LogP contribution < -0.4 is 20.4 Å². The molecule has 0 atom stereocenters. The second kappa shape index (κ2) is 34.3. The van der Waals surface area contributed by atoms with Gasteiger partial charge in [0.05, 0.1) is 23.9 Å². The van der Waals surface area contributed by atoms with E-state index in [2.05, 4.69) is 27.7 Å². The fourth-order valence-corrected chi connectivity index (χ4v) is 6.58.